The molecule has 2 aromatic rings. The van der Waals surface area contributed by atoms with Crippen molar-refractivity contribution >= 4 is 17.7 Å². The molecule has 0 fully saturated rings. The van der Waals surface area contributed by atoms with Crippen LogP contribution in [0.15, 0.2) is 24.4 Å². The summed E-state index contributed by atoms with van der Waals surface area (Å²) in [7, 11) is 1.17. The van der Waals surface area contributed by atoms with Crippen LogP contribution in [-0.4, -0.2) is 34.0 Å². The fraction of sp³-hybridized carbons (Fsp3) is 0.167. The van der Waals surface area contributed by atoms with E-state index in [0.717, 1.165) is 10.9 Å². The standard InChI is InChI=1S/C12H11FN4O3/c1-7(18)15-11-6-14-17(16-11)8-3-4-9(10(13)5-8)12(19)20-2/h3-6H,1-2H3,(H,15,16,18). The van der Waals surface area contributed by atoms with Gasteiger partial charge in [0.25, 0.3) is 0 Å². The minimum absolute atomic E-state index is 0.175. The Kier molecular flexibility index (Phi) is 3.74. The van der Waals surface area contributed by atoms with Gasteiger partial charge in [0.2, 0.25) is 5.91 Å². The third kappa shape index (κ3) is 2.79. The first-order valence-corrected chi connectivity index (χ1v) is 5.59. The van der Waals surface area contributed by atoms with Crippen LogP contribution in [0.25, 0.3) is 5.69 Å². The summed E-state index contributed by atoms with van der Waals surface area (Å²) in [6.45, 7) is 1.34. The summed E-state index contributed by atoms with van der Waals surface area (Å²) in [5.74, 6) is -1.55. The molecule has 0 unspecified atom stereocenters. The lowest BCUT2D eigenvalue weighted by Crippen LogP contribution is -2.08. The summed E-state index contributed by atoms with van der Waals surface area (Å²) in [5.41, 5.74) is 0.136. The number of esters is 1. The Labute approximate surface area is 113 Å². The monoisotopic (exact) mass is 278 g/mol. The van der Waals surface area contributed by atoms with E-state index in [4.69, 9.17) is 0 Å². The van der Waals surface area contributed by atoms with Crippen LogP contribution >= 0.6 is 0 Å². The fourth-order valence-electron chi connectivity index (χ4n) is 1.53. The highest BCUT2D eigenvalue weighted by molar-refractivity contribution is 5.89. The number of hydrogen-bond acceptors (Lipinski definition) is 5. The fourth-order valence-corrected chi connectivity index (χ4v) is 1.53. The second-order valence-electron chi connectivity index (χ2n) is 3.86. The molecular formula is C12H11FN4O3. The van der Waals surface area contributed by atoms with Crippen molar-refractivity contribution in [2.75, 3.05) is 12.4 Å². The quantitative estimate of drug-likeness (QED) is 0.851. The zero-order valence-electron chi connectivity index (χ0n) is 10.8. The van der Waals surface area contributed by atoms with Crippen LogP contribution in [0.1, 0.15) is 17.3 Å². The number of methoxy groups -OCH3 is 1. The number of halogens is 1. The van der Waals surface area contributed by atoms with Gasteiger partial charge in [0.15, 0.2) is 5.82 Å². The number of carbonyl (C=O) groups excluding carboxylic acids is 2. The Morgan fingerprint density at radius 3 is 2.75 bits per heavy atom. The van der Waals surface area contributed by atoms with Crippen molar-refractivity contribution in [2.24, 2.45) is 0 Å². The zero-order valence-corrected chi connectivity index (χ0v) is 10.8. The number of anilines is 1. The molecule has 1 heterocycles. The van der Waals surface area contributed by atoms with Gasteiger partial charge in [0.1, 0.15) is 5.82 Å². The minimum atomic E-state index is -0.763. The van der Waals surface area contributed by atoms with Crippen LogP contribution < -0.4 is 5.32 Å². The van der Waals surface area contributed by atoms with E-state index in [-0.39, 0.29) is 17.3 Å². The first kappa shape index (κ1) is 13.7. The Morgan fingerprint density at radius 1 is 1.40 bits per heavy atom. The van der Waals surface area contributed by atoms with Crippen molar-refractivity contribution in [1.29, 1.82) is 0 Å². The van der Waals surface area contributed by atoms with E-state index in [2.05, 4.69) is 20.3 Å². The van der Waals surface area contributed by atoms with E-state index in [1.54, 1.807) is 0 Å². The van der Waals surface area contributed by atoms with Crippen molar-refractivity contribution in [2.45, 2.75) is 6.92 Å². The van der Waals surface area contributed by atoms with Gasteiger partial charge in [-0.05, 0) is 12.1 Å². The summed E-state index contributed by atoms with van der Waals surface area (Å²) in [4.78, 5) is 23.3. The second-order valence-corrected chi connectivity index (χ2v) is 3.86. The number of nitrogens with zero attached hydrogens (tertiary/aromatic N) is 3. The molecule has 7 nitrogen and oxygen atoms in total. The Balaban J connectivity index is 2.29. The lowest BCUT2D eigenvalue weighted by Gasteiger charge is -2.03. The Morgan fingerprint density at radius 2 is 2.15 bits per heavy atom. The van der Waals surface area contributed by atoms with Crippen LogP contribution in [0.3, 0.4) is 0 Å². The molecular weight excluding hydrogens is 267 g/mol. The van der Waals surface area contributed by atoms with Crippen molar-refractivity contribution in [1.82, 2.24) is 15.0 Å². The maximum absolute atomic E-state index is 13.8. The van der Waals surface area contributed by atoms with Gasteiger partial charge in [-0.25, -0.2) is 9.18 Å². The molecule has 0 spiro atoms. The third-order valence-corrected chi connectivity index (χ3v) is 2.38. The predicted octanol–water partition coefficient (Wildman–Crippen LogP) is 1.15. The van der Waals surface area contributed by atoms with Crippen LogP contribution in [0.5, 0.6) is 0 Å². The van der Waals surface area contributed by atoms with Crippen LogP contribution in [-0.2, 0) is 9.53 Å². The van der Waals surface area contributed by atoms with Gasteiger partial charge in [0, 0.05) is 13.0 Å². The zero-order chi connectivity index (χ0) is 14.7. The number of nitrogens with one attached hydrogen (secondary N) is 1. The van der Waals surface area contributed by atoms with Crippen molar-refractivity contribution in [3.63, 3.8) is 0 Å². The van der Waals surface area contributed by atoms with Crippen LogP contribution in [0.4, 0.5) is 10.2 Å². The summed E-state index contributed by atoms with van der Waals surface area (Å²) in [5, 5.41) is 10.3. The molecule has 1 aromatic heterocycles. The van der Waals surface area contributed by atoms with E-state index in [1.165, 1.54) is 32.4 Å². The molecule has 0 saturated heterocycles. The molecule has 1 aromatic carbocycles. The van der Waals surface area contributed by atoms with Crippen molar-refractivity contribution < 1.29 is 18.7 Å². The van der Waals surface area contributed by atoms with Crippen molar-refractivity contribution in [3.8, 4) is 5.69 Å². The number of benzene rings is 1. The largest absolute Gasteiger partial charge is 0.465 e. The average Bonchev–Trinajstić information content (AvgIpc) is 2.85. The van der Waals surface area contributed by atoms with E-state index in [9.17, 15) is 14.0 Å². The first-order chi connectivity index (χ1) is 9.51. The predicted molar refractivity (Wildman–Crippen MR) is 67.0 cm³/mol. The summed E-state index contributed by atoms with van der Waals surface area (Å²) in [6, 6.07) is 3.84. The number of carbonyl (C=O) groups is 2. The minimum Gasteiger partial charge on any atom is -0.465 e. The summed E-state index contributed by atoms with van der Waals surface area (Å²) >= 11 is 0. The molecule has 8 heteroatoms. The van der Waals surface area contributed by atoms with Gasteiger partial charge < -0.3 is 10.1 Å². The highest BCUT2D eigenvalue weighted by Crippen LogP contribution is 2.14. The number of aromatic nitrogens is 3. The van der Waals surface area contributed by atoms with E-state index >= 15 is 0 Å². The summed E-state index contributed by atoms with van der Waals surface area (Å²) in [6.07, 6.45) is 1.33. The molecule has 0 aliphatic carbocycles. The average molecular weight is 278 g/mol. The lowest BCUT2D eigenvalue weighted by molar-refractivity contribution is -0.114. The Bertz CT molecular complexity index is 668. The maximum Gasteiger partial charge on any atom is 0.340 e. The smallest absolute Gasteiger partial charge is 0.340 e. The molecule has 1 N–H and O–H groups in total. The molecule has 20 heavy (non-hydrogen) atoms. The van der Waals surface area contributed by atoms with E-state index in [1.807, 2.05) is 0 Å². The Hall–Kier alpha value is -2.77. The van der Waals surface area contributed by atoms with Crippen LogP contribution in [0, 0.1) is 5.82 Å². The SMILES string of the molecule is COC(=O)c1ccc(-n2ncc(NC(C)=O)n2)cc1F. The lowest BCUT2D eigenvalue weighted by atomic mass is 10.2. The van der Waals surface area contributed by atoms with Crippen molar-refractivity contribution in [3.05, 3.63) is 35.8 Å². The number of amides is 1. The van der Waals surface area contributed by atoms with Gasteiger partial charge >= 0.3 is 5.97 Å². The number of hydrogen-bond donors (Lipinski definition) is 1. The second kappa shape index (κ2) is 5.47. The molecule has 2 rings (SSSR count). The molecule has 0 saturated carbocycles. The number of ether oxygens (including phenoxy) is 1. The van der Waals surface area contributed by atoms with Gasteiger partial charge in [-0.2, -0.15) is 5.10 Å². The maximum atomic E-state index is 13.8. The normalized spacial score (nSPS) is 10.2. The summed E-state index contributed by atoms with van der Waals surface area (Å²) < 4.78 is 18.2. The first-order valence-electron chi connectivity index (χ1n) is 5.59. The molecule has 0 bridgehead atoms. The van der Waals surface area contributed by atoms with Gasteiger partial charge in [-0.1, -0.05) is 0 Å². The molecule has 1 amide bonds. The van der Waals surface area contributed by atoms with E-state index < -0.39 is 11.8 Å². The highest BCUT2D eigenvalue weighted by atomic mass is 19.1. The van der Waals surface area contributed by atoms with Crippen LogP contribution in [0.2, 0.25) is 0 Å². The number of rotatable bonds is 3. The topological polar surface area (TPSA) is 86.1 Å². The van der Waals surface area contributed by atoms with Gasteiger partial charge in [0.05, 0.1) is 24.6 Å². The molecule has 0 aliphatic rings. The molecule has 104 valence electrons. The highest BCUT2D eigenvalue weighted by Gasteiger charge is 2.13. The third-order valence-electron chi connectivity index (χ3n) is 2.38. The molecule has 0 radical (unpaired) electrons. The van der Waals surface area contributed by atoms with Gasteiger partial charge in [-0.15, -0.1) is 9.90 Å². The molecule has 0 atom stereocenters. The van der Waals surface area contributed by atoms with Gasteiger partial charge in [-0.3, -0.25) is 4.79 Å². The van der Waals surface area contributed by atoms with E-state index in [0.29, 0.717) is 5.69 Å². The molecule has 0 aliphatic heterocycles.